The average Bonchev–Trinajstić information content (AvgIpc) is 1.98. The lowest BCUT2D eigenvalue weighted by atomic mass is 10.1. The summed E-state index contributed by atoms with van der Waals surface area (Å²) >= 11 is 0. The molecule has 0 aliphatic carbocycles. The van der Waals surface area contributed by atoms with Crippen LogP contribution in [0.4, 0.5) is 4.39 Å². The molecule has 0 aromatic rings. The van der Waals surface area contributed by atoms with E-state index in [0.29, 0.717) is 6.29 Å². The molecule has 2 heteroatoms. The largest absolute Gasteiger partial charge is 0.299 e. The molecule has 2 unspecified atom stereocenters. The molecule has 0 rings (SSSR count). The van der Waals surface area contributed by atoms with Crippen LogP contribution in [0.25, 0.3) is 0 Å². The summed E-state index contributed by atoms with van der Waals surface area (Å²) in [5, 5.41) is 0. The van der Waals surface area contributed by atoms with Gasteiger partial charge in [0.1, 0.15) is 12.5 Å². The fourth-order valence-corrected chi connectivity index (χ4v) is 0.541. The van der Waals surface area contributed by atoms with E-state index < -0.39 is 6.17 Å². The van der Waals surface area contributed by atoms with Gasteiger partial charge in [-0.2, -0.15) is 0 Å². The van der Waals surface area contributed by atoms with Gasteiger partial charge in [0, 0.05) is 5.92 Å². The van der Waals surface area contributed by atoms with E-state index in [2.05, 4.69) is 6.58 Å². The van der Waals surface area contributed by atoms with E-state index in [1.807, 2.05) is 0 Å². The van der Waals surface area contributed by atoms with E-state index in [1.54, 1.807) is 6.92 Å². The lowest BCUT2D eigenvalue weighted by Crippen LogP contribution is -2.05. The van der Waals surface area contributed by atoms with Crippen LogP contribution in [0, 0.1) is 5.92 Å². The fourth-order valence-electron chi connectivity index (χ4n) is 0.541. The van der Waals surface area contributed by atoms with E-state index in [-0.39, 0.29) is 5.92 Å². The van der Waals surface area contributed by atoms with Crippen molar-refractivity contribution >= 4 is 6.29 Å². The summed E-state index contributed by atoms with van der Waals surface area (Å²) < 4.78 is 12.6. The van der Waals surface area contributed by atoms with Crippen LogP contribution in [-0.4, -0.2) is 12.5 Å². The summed E-state index contributed by atoms with van der Waals surface area (Å²) in [4.78, 5) is 9.79. The molecule has 0 bridgehead atoms. The summed E-state index contributed by atoms with van der Waals surface area (Å²) in [6.45, 7) is 4.98. The highest BCUT2D eigenvalue weighted by molar-refractivity contribution is 5.64. The molecule has 0 saturated heterocycles. The molecule has 56 valence electrons. The Morgan fingerprint density at radius 3 is 2.60 bits per heavy atom. The Morgan fingerprint density at radius 2 is 2.20 bits per heavy atom. The molecule has 0 aromatic heterocycles. The molecule has 0 spiro atoms. The van der Waals surface area contributed by atoms with E-state index in [0.717, 1.165) is 0 Å². The smallest absolute Gasteiger partial charge is 0.142 e. The molecule has 10 heavy (non-hydrogen) atoms. The van der Waals surface area contributed by atoms with Crippen LogP contribution >= 0.6 is 0 Å². The Labute approximate surface area is 60.2 Å². The third-order valence-corrected chi connectivity index (χ3v) is 1.22. The highest BCUT2D eigenvalue weighted by Crippen LogP contribution is 2.08. The monoisotopic (exact) mass is 142 g/mol. The minimum atomic E-state index is -1.06. The Kier molecular flexibility index (Phi) is 4.46. The molecule has 0 amide bonds. The van der Waals surface area contributed by atoms with Crippen LogP contribution in [0.5, 0.6) is 0 Å². The van der Waals surface area contributed by atoms with Crippen LogP contribution in [0.1, 0.15) is 6.92 Å². The van der Waals surface area contributed by atoms with Gasteiger partial charge in [0.05, 0.1) is 0 Å². The predicted octanol–water partition coefficient (Wildman–Crippen LogP) is 1.90. The zero-order valence-corrected chi connectivity index (χ0v) is 5.96. The van der Waals surface area contributed by atoms with Crippen molar-refractivity contribution in [3.63, 3.8) is 0 Å². The number of rotatable bonds is 4. The van der Waals surface area contributed by atoms with Crippen molar-refractivity contribution < 1.29 is 9.18 Å². The van der Waals surface area contributed by atoms with E-state index in [9.17, 15) is 9.18 Å². The van der Waals surface area contributed by atoms with Gasteiger partial charge in [-0.25, -0.2) is 4.39 Å². The second-order valence-corrected chi connectivity index (χ2v) is 2.06. The highest BCUT2D eigenvalue weighted by Gasteiger charge is 2.07. The van der Waals surface area contributed by atoms with Crippen molar-refractivity contribution in [3.8, 4) is 0 Å². The van der Waals surface area contributed by atoms with Gasteiger partial charge in [-0.05, 0) is 6.08 Å². The Morgan fingerprint density at radius 1 is 1.60 bits per heavy atom. The molecular formula is C8H11FO. The van der Waals surface area contributed by atoms with Gasteiger partial charge in [-0.3, -0.25) is 4.79 Å². The van der Waals surface area contributed by atoms with Crippen molar-refractivity contribution in [2.75, 3.05) is 0 Å². The lowest BCUT2D eigenvalue weighted by molar-refractivity contribution is -0.104. The van der Waals surface area contributed by atoms with Crippen molar-refractivity contribution in [1.82, 2.24) is 0 Å². The van der Waals surface area contributed by atoms with Crippen LogP contribution in [0.15, 0.2) is 24.8 Å². The molecule has 2 atom stereocenters. The predicted molar refractivity (Wildman–Crippen MR) is 39.5 cm³/mol. The van der Waals surface area contributed by atoms with Crippen molar-refractivity contribution in [2.45, 2.75) is 13.1 Å². The van der Waals surface area contributed by atoms with Gasteiger partial charge >= 0.3 is 0 Å². The summed E-state index contributed by atoms with van der Waals surface area (Å²) in [7, 11) is 0. The van der Waals surface area contributed by atoms with Crippen LogP contribution in [0.3, 0.4) is 0 Å². The first kappa shape index (κ1) is 9.08. The van der Waals surface area contributed by atoms with E-state index >= 15 is 0 Å². The summed E-state index contributed by atoms with van der Waals surface area (Å²) in [6, 6.07) is 0. The lowest BCUT2D eigenvalue weighted by Gasteiger charge is -2.05. The highest BCUT2D eigenvalue weighted by atomic mass is 19.1. The number of hydrogen-bond acceptors (Lipinski definition) is 1. The molecule has 0 aliphatic rings. The van der Waals surface area contributed by atoms with Crippen molar-refractivity contribution in [1.29, 1.82) is 0 Å². The normalized spacial score (nSPS) is 16.6. The maximum atomic E-state index is 12.6. The standard InChI is InChI=1S/C8H11FO/c1-3-8(9)7(2)5-4-6-10/h3-8H,1H2,2H3/b5-4+. The first-order chi connectivity index (χ1) is 4.72. The van der Waals surface area contributed by atoms with Crippen molar-refractivity contribution in [2.24, 2.45) is 5.92 Å². The number of allylic oxidation sites excluding steroid dienone is 3. The zero-order valence-electron chi connectivity index (χ0n) is 5.96. The second-order valence-electron chi connectivity index (χ2n) is 2.06. The summed E-state index contributed by atoms with van der Waals surface area (Å²) in [5.74, 6) is -0.261. The van der Waals surface area contributed by atoms with Crippen LogP contribution in [0.2, 0.25) is 0 Å². The SMILES string of the molecule is C=CC(F)C(C)/C=C/C=O. The number of halogens is 1. The Hall–Kier alpha value is -0.920. The topological polar surface area (TPSA) is 17.1 Å². The maximum absolute atomic E-state index is 12.6. The first-order valence-corrected chi connectivity index (χ1v) is 3.11. The Balaban J connectivity index is 3.81. The quantitative estimate of drug-likeness (QED) is 0.333. The number of aldehydes is 1. The third-order valence-electron chi connectivity index (χ3n) is 1.22. The van der Waals surface area contributed by atoms with Crippen LogP contribution < -0.4 is 0 Å². The summed E-state index contributed by atoms with van der Waals surface area (Å²) in [6.07, 6.45) is 3.60. The van der Waals surface area contributed by atoms with E-state index in [1.165, 1.54) is 18.2 Å². The molecule has 0 radical (unpaired) electrons. The average molecular weight is 142 g/mol. The van der Waals surface area contributed by atoms with Crippen molar-refractivity contribution in [3.05, 3.63) is 24.8 Å². The molecule has 0 N–H and O–H groups in total. The maximum Gasteiger partial charge on any atom is 0.142 e. The van der Waals surface area contributed by atoms with Gasteiger partial charge in [-0.15, -0.1) is 6.58 Å². The van der Waals surface area contributed by atoms with Gasteiger partial charge in [0.15, 0.2) is 0 Å². The minimum Gasteiger partial charge on any atom is -0.299 e. The second kappa shape index (κ2) is 4.91. The molecule has 1 nitrogen and oxygen atoms in total. The number of carbonyl (C=O) groups excluding carboxylic acids is 1. The zero-order chi connectivity index (χ0) is 7.98. The molecule has 0 saturated carbocycles. The fraction of sp³-hybridized carbons (Fsp3) is 0.375. The number of carbonyl (C=O) groups is 1. The van der Waals surface area contributed by atoms with Gasteiger partial charge < -0.3 is 0 Å². The number of alkyl halides is 1. The molecule has 0 aromatic carbocycles. The van der Waals surface area contributed by atoms with Gasteiger partial charge in [0.25, 0.3) is 0 Å². The van der Waals surface area contributed by atoms with E-state index in [4.69, 9.17) is 0 Å². The first-order valence-electron chi connectivity index (χ1n) is 3.11. The number of hydrogen-bond donors (Lipinski definition) is 0. The summed E-state index contributed by atoms with van der Waals surface area (Å²) in [5.41, 5.74) is 0. The molecule has 0 fully saturated rings. The molecular weight excluding hydrogens is 131 g/mol. The minimum absolute atomic E-state index is 0.261. The molecule has 0 heterocycles. The van der Waals surface area contributed by atoms with Gasteiger partial charge in [-0.1, -0.05) is 19.1 Å². The molecule has 0 aliphatic heterocycles. The van der Waals surface area contributed by atoms with Crippen LogP contribution in [-0.2, 0) is 4.79 Å². The third kappa shape index (κ3) is 3.17. The van der Waals surface area contributed by atoms with Gasteiger partial charge in [0.2, 0.25) is 0 Å². The Bertz CT molecular complexity index is 140.